The summed E-state index contributed by atoms with van der Waals surface area (Å²) in [7, 11) is 0. The summed E-state index contributed by atoms with van der Waals surface area (Å²) in [5.41, 5.74) is 0.000177. The van der Waals surface area contributed by atoms with Gasteiger partial charge in [0.25, 0.3) is 0 Å². The lowest BCUT2D eigenvalue weighted by molar-refractivity contribution is 0.0697. The van der Waals surface area contributed by atoms with Crippen LogP contribution >= 0.6 is 11.3 Å². The van der Waals surface area contributed by atoms with Gasteiger partial charge in [-0.25, -0.2) is 9.18 Å². The molecular formula is C16H14FN3O3S. The molecule has 0 bridgehead atoms. The molecule has 3 heterocycles. The second kappa shape index (κ2) is 5.57. The van der Waals surface area contributed by atoms with Crippen molar-refractivity contribution in [3.05, 3.63) is 45.3 Å². The van der Waals surface area contributed by atoms with Gasteiger partial charge >= 0.3 is 5.97 Å². The highest BCUT2D eigenvalue weighted by atomic mass is 32.1. The smallest absolute Gasteiger partial charge is 0.342 e. The van der Waals surface area contributed by atoms with Gasteiger partial charge in [-0.05, 0) is 12.1 Å². The van der Waals surface area contributed by atoms with Gasteiger partial charge in [0.05, 0.1) is 16.6 Å². The molecule has 124 valence electrons. The third kappa shape index (κ3) is 2.18. The number of aromatic carboxylic acids is 1. The van der Waals surface area contributed by atoms with Crippen molar-refractivity contribution in [2.45, 2.75) is 0 Å². The molecule has 0 unspecified atom stereocenters. The van der Waals surface area contributed by atoms with Gasteiger partial charge in [-0.2, -0.15) is 0 Å². The van der Waals surface area contributed by atoms with Gasteiger partial charge in [0, 0.05) is 37.8 Å². The zero-order chi connectivity index (χ0) is 16.8. The third-order valence-corrected chi connectivity index (χ3v) is 5.17. The molecule has 6 nitrogen and oxygen atoms in total. The van der Waals surface area contributed by atoms with E-state index in [2.05, 4.69) is 5.32 Å². The molecular weight excluding hydrogens is 333 g/mol. The quantitative estimate of drug-likeness (QED) is 0.739. The highest BCUT2D eigenvalue weighted by Gasteiger charge is 2.22. The van der Waals surface area contributed by atoms with Gasteiger partial charge in [0.15, 0.2) is 0 Å². The van der Waals surface area contributed by atoms with E-state index < -0.39 is 17.2 Å². The molecule has 1 saturated heterocycles. The number of rotatable bonds is 2. The lowest BCUT2D eigenvalue weighted by Crippen LogP contribution is -2.43. The van der Waals surface area contributed by atoms with Crippen LogP contribution in [0.25, 0.3) is 15.7 Å². The SMILES string of the molecule is O=C(O)c1c(=O)c2cc(F)c(N3CCNCC3)cc2n2ccsc12. The van der Waals surface area contributed by atoms with Gasteiger partial charge in [0.1, 0.15) is 16.2 Å². The Balaban J connectivity index is 2.05. The number of benzene rings is 1. The number of pyridine rings is 1. The van der Waals surface area contributed by atoms with Crippen LogP contribution in [-0.4, -0.2) is 41.7 Å². The Kier molecular flexibility index (Phi) is 3.50. The van der Waals surface area contributed by atoms with Crippen molar-refractivity contribution in [2.75, 3.05) is 31.1 Å². The van der Waals surface area contributed by atoms with Crippen molar-refractivity contribution in [2.24, 2.45) is 0 Å². The summed E-state index contributed by atoms with van der Waals surface area (Å²) in [5.74, 6) is -1.80. The normalized spacial score (nSPS) is 15.3. The van der Waals surface area contributed by atoms with Crippen molar-refractivity contribution in [1.82, 2.24) is 9.72 Å². The number of piperazine rings is 1. The lowest BCUT2D eigenvalue weighted by Gasteiger charge is -2.30. The first-order valence-electron chi connectivity index (χ1n) is 7.52. The van der Waals surface area contributed by atoms with E-state index in [0.29, 0.717) is 29.1 Å². The Morgan fingerprint density at radius 1 is 1.29 bits per heavy atom. The predicted molar refractivity (Wildman–Crippen MR) is 91.1 cm³/mol. The lowest BCUT2D eigenvalue weighted by atomic mass is 10.1. The first kappa shape index (κ1) is 15.1. The number of nitrogens with one attached hydrogen (secondary N) is 1. The van der Waals surface area contributed by atoms with Crippen LogP contribution in [0.15, 0.2) is 28.5 Å². The summed E-state index contributed by atoms with van der Waals surface area (Å²) in [5, 5.41) is 14.4. The first-order valence-corrected chi connectivity index (χ1v) is 8.40. The maximum atomic E-state index is 14.6. The van der Waals surface area contributed by atoms with Crippen LogP contribution in [0.2, 0.25) is 0 Å². The number of carbonyl (C=O) groups is 1. The summed E-state index contributed by atoms with van der Waals surface area (Å²) in [4.78, 5) is 26.3. The molecule has 0 aliphatic carbocycles. The molecule has 8 heteroatoms. The Hall–Kier alpha value is -2.45. The van der Waals surface area contributed by atoms with E-state index in [9.17, 15) is 19.1 Å². The topological polar surface area (TPSA) is 74.0 Å². The van der Waals surface area contributed by atoms with Crippen LogP contribution < -0.4 is 15.6 Å². The van der Waals surface area contributed by atoms with Crippen molar-refractivity contribution in [1.29, 1.82) is 0 Å². The number of hydrogen-bond donors (Lipinski definition) is 2. The molecule has 1 aromatic carbocycles. The number of aromatic nitrogens is 1. The van der Waals surface area contributed by atoms with Crippen molar-refractivity contribution >= 4 is 38.7 Å². The minimum absolute atomic E-state index is 0.0830. The number of nitrogens with zero attached hydrogens (tertiary/aromatic N) is 2. The van der Waals surface area contributed by atoms with Gasteiger partial charge in [-0.3, -0.25) is 4.79 Å². The molecule has 1 aliphatic rings. The van der Waals surface area contributed by atoms with Crippen LogP contribution in [0.3, 0.4) is 0 Å². The van der Waals surface area contributed by atoms with Crippen LogP contribution in [0.1, 0.15) is 10.4 Å². The van der Waals surface area contributed by atoms with Gasteiger partial charge in [0.2, 0.25) is 5.43 Å². The molecule has 2 N–H and O–H groups in total. The fourth-order valence-corrected chi connectivity index (χ4v) is 4.03. The maximum absolute atomic E-state index is 14.6. The fraction of sp³-hybridized carbons (Fsp3) is 0.250. The largest absolute Gasteiger partial charge is 0.477 e. The monoisotopic (exact) mass is 347 g/mol. The average Bonchev–Trinajstić information content (AvgIpc) is 3.04. The highest BCUT2D eigenvalue weighted by molar-refractivity contribution is 7.16. The third-order valence-electron chi connectivity index (χ3n) is 4.29. The molecule has 4 rings (SSSR count). The molecule has 1 aliphatic heterocycles. The number of thiazole rings is 1. The average molecular weight is 347 g/mol. The standard InChI is InChI=1S/C16H14FN3O3S/c17-10-7-9-11(8-12(10)19-3-1-18-2-4-19)20-5-6-24-15(20)13(14(9)21)16(22)23/h5-8,18H,1-4H2,(H,22,23). The summed E-state index contributed by atoms with van der Waals surface area (Å²) in [6, 6.07) is 2.80. The number of carboxylic acids is 1. The van der Waals surface area contributed by atoms with E-state index >= 15 is 0 Å². The summed E-state index contributed by atoms with van der Waals surface area (Å²) in [6.07, 6.45) is 1.70. The Morgan fingerprint density at radius 3 is 2.75 bits per heavy atom. The zero-order valence-electron chi connectivity index (χ0n) is 12.6. The van der Waals surface area contributed by atoms with Gasteiger partial charge < -0.3 is 19.7 Å². The second-order valence-corrected chi connectivity index (χ2v) is 6.54. The van der Waals surface area contributed by atoms with E-state index in [1.165, 1.54) is 11.3 Å². The summed E-state index contributed by atoms with van der Waals surface area (Å²) >= 11 is 1.18. The molecule has 0 amide bonds. The Bertz CT molecular complexity index is 1020. The number of anilines is 1. The van der Waals surface area contributed by atoms with Gasteiger partial charge in [-0.1, -0.05) is 0 Å². The number of fused-ring (bicyclic) bond motifs is 3. The summed E-state index contributed by atoms with van der Waals surface area (Å²) in [6.45, 7) is 2.89. The van der Waals surface area contributed by atoms with Crippen molar-refractivity contribution in [3.8, 4) is 0 Å². The van der Waals surface area contributed by atoms with Gasteiger partial charge in [-0.15, -0.1) is 11.3 Å². The minimum Gasteiger partial charge on any atom is -0.477 e. The van der Waals surface area contributed by atoms with E-state index in [1.54, 1.807) is 22.0 Å². The first-order chi connectivity index (χ1) is 11.6. The van der Waals surface area contributed by atoms with Crippen LogP contribution in [0.4, 0.5) is 10.1 Å². The van der Waals surface area contributed by atoms with Crippen LogP contribution in [0, 0.1) is 5.82 Å². The zero-order valence-corrected chi connectivity index (χ0v) is 13.4. The molecule has 0 radical (unpaired) electrons. The van der Waals surface area contributed by atoms with E-state index in [1.807, 2.05) is 4.90 Å². The number of hydrogen-bond acceptors (Lipinski definition) is 5. The molecule has 24 heavy (non-hydrogen) atoms. The van der Waals surface area contributed by atoms with Crippen LogP contribution in [0.5, 0.6) is 0 Å². The Morgan fingerprint density at radius 2 is 2.04 bits per heavy atom. The molecule has 0 atom stereocenters. The molecule has 0 spiro atoms. The summed E-state index contributed by atoms with van der Waals surface area (Å²) < 4.78 is 16.2. The van der Waals surface area contributed by atoms with Crippen molar-refractivity contribution in [3.63, 3.8) is 0 Å². The maximum Gasteiger partial charge on any atom is 0.342 e. The minimum atomic E-state index is -1.30. The Labute approximate surface area is 139 Å². The number of halogens is 1. The number of carboxylic acid groups (broad SMARTS) is 1. The highest BCUT2D eigenvalue weighted by Crippen LogP contribution is 2.28. The second-order valence-electron chi connectivity index (χ2n) is 5.65. The molecule has 2 aromatic heterocycles. The molecule has 3 aromatic rings. The van der Waals surface area contributed by atoms with E-state index in [-0.39, 0.29) is 10.9 Å². The molecule has 0 saturated carbocycles. The van der Waals surface area contributed by atoms with Crippen molar-refractivity contribution < 1.29 is 14.3 Å². The van der Waals surface area contributed by atoms with E-state index in [4.69, 9.17) is 0 Å². The predicted octanol–water partition coefficient (Wildman–Crippen LogP) is 1.76. The fourth-order valence-electron chi connectivity index (χ4n) is 3.15. The van der Waals surface area contributed by atoms with Crippen LogP contribution in [-0.2, 0) is 0 Å². The van der Waals surface area contributed by atoms with E-state index in [0.717, 1.165) is 19.2 Å². The molecule has 1 fully saturated rings.